The van der Waals surface area contributed by atoms with Gasteiger partial charge >= 0.3 is 0 Å². The molecule has 0 saturated heterocycles. The van der Waals surface area contributed by atoms with Crippen molar-refractivity contribution in [2.24, 2.45) is 0 Å². The first-order valence-electron chi connectivity index (χ1n) is 9.85. The van der Waals surface area contributed by atoms with Crippen molar-refractivity contribution < 1.29 is 9.47 Å². The Morgan fingerprint density at radius 3 is 2.43 bits per heavy atom. The lowest BCUT2D eigenvalue weighted by Crippen LogP contribution is -2.24. The lowest BCUT2D eigenvalue weighted by molar-refractivity contribution is 0.131. The second kappa shape index (κ2) is 8.96. The molecule has 1 unspecified atom stereocenters. The molecule has 1 aromatic heterocycles. The summed E-state index contributed by atoms with van der Waals surface area (Å²) in [7, 11) is 0. The third kappa shape index (κ3) is 6.15. The van der Waals surface area contributed by atoms with Crippen molar-refractivity contribution in [2.45, 2.75) is 58.8 Å². The number of hydrogen-bond acceptors (Lipinski definition) is 3. The van der Waals surface area contributed by atoms with E-state index >= 15 is 0 Å². The van der Waals surface area contributed by atoms with Crippen LogP contribution >= 0.6 is 0 Å². The van der Waals surface area contributed by atoms with Gasteiger partial charge in [0.15, 0.2) is 0 Å². The standard InChI is InChI=1S/C24H30N2O2/c1-19-7-5-6-8-23(19)27-22(17-26-16-15-25-18-26)14-11-20-9-12-21(13-10-20)28-24(2,3)4/h5-10,12-13,15-16,18,22H,11,14,17H2,1-4H3. The maximum Gasteiger partial charge on any atom is 0.122 e. The average molecular weight is 379 g/mol. The number of hydrogen-bond donors (Lipinski definition) is 0. The lowest BCUT2D eigenvalue weighted by atomic mass is 10.1. The SMILES string of the molecule is Cc1ccccc1OC(CCc1ccc(OC(C)(C)C)cc1)Cn1ccnc1. The predicted octanol–water partition coefficient (Wildman–Crippen LogP) is 5.45. The minimum Gasteiger partial charge on any atom is -0.488 e. The van der Waals surface area contributed by atoms with Gasteiger partial charge in [0.25, 0.3) is 0 Å². The number of rotatable bonds is 8. The third-order valence-corrected chi connectivity index (χ3v) is 4.46. The summed E-state index contributed by atoms with van der Waals surface area (Å²) in [5.41, 5.74) is 2.26. The van der Waals surface area contributed by atoms with Crippen LogP contribution in [0.1, 0.15) is 38.3 Å². The molecular formula is C24H30N2O2. The predicted molar refractivity (Wildman–Crippen MR) is 113 cm³/mol. The lowest BCUT2D eigenvalue weighted by Gasteiger charge is -2.22. The van der Waals surface area contributed by atoms with Gasteiger partial charge in [0.2, 0.25) is 0 Å². The van der Waals surface area contributed by atoms with Crippen molar-refractivity contribution >= 4 is 0 Å². The van der Waals surface area contributed by atoms with Crippen LogP contribution in [0.15, 0.2) is 67.3 Å². The van der Waals surface area contributed by atoms with E-state index in [4.69, 9.17) is 9.47 Å². The van der Waals surface area contributed by atoms with Crippen LogP contribution in [0.3, 0.4) is 0 Å². The Balaban J connectivity index is 1.64. The molecule has 4 heteroatoms. The van der Waals surface area contributed by atoms with E-state index in [2.05, 4.69) is 55.4 Å². The minimum atomic E-state index is -0.182. The molecular weight excluding hydrogens is 348 g/mol. The Morgan fingerprint density at radius 2 is 1.79 bits per heavy atom. The highest BCUT2D eigenvalue weighted by atomic mass is 16.5. The summed E-state index contributed by atoms with van der Waals surface area (Å²) in [6.45, 7) is 9.04. The maximum absolute atomic E-state index is 6.36. The molecule has 0 spiro atoms. The number of nitrogens with zero attached hydrogens (tertiary/aromatic N) is 2. The Morgan fingerprint density at radius 1 is 1.04 bits per heavy atom. The van der Waals surface area contributed by atoms with Crippen LogP contribution in [0.2, 0.25) is 0 Å². The summed E-state index contributed by atoms with van der Waals surface area (Å²) in [5, 5.41) is 0. The van der Waals surface area contributed by atoms with Gasteiger partial charge in [0.1, 0.15) is 23.2 Å². The molecule has 2 aromatic carbocycles. The van der Waals surface area contributed by atoms with Gasteiger partial charge in [0, 0.05) is 12.4 Å². The van der Waals surface area contributed by atoms with Crippen molar-refractivity contribution in [3.63, 3.8) is 0 Å². The van der Waals surface area contributed by atoms with Crippen molar-refractivity contribution in [1.29, 1.82) is 0 Å². The van der Waals surface area contributed by atoms with E-state index in [9.17, 15) is 0 Å². The number of aryl methyl sites for hydroxylation is 2. The molecule has 148 valence electrons. The highest BCUT2D eigenvalue weighted by Crippen LogP contribution is 2.22. The van der Waals surface area contributed by atoms with Crippen LogP contribution in [-0.4, -0.2) is 21.3 Å². The van der Waals surface area contributed by atoms with Crippen molar-refractivity contribution in [3.8, 4) is 11.5 Å². The van der Waals surface area contributed by atoms with E-state index in [1.165, 1.54) is 5.56 Å². The topological polar surface area (TPSA) is 36.3 Å². The largest absolute Gasteiger partial charge is 0.488 e. The molecule has 0 saturated carbocycles. The van der Waals surface area contributed by atoms with Crippen molar-refractivity contribution in [3.05, 3.63) is 78.4 Å². The van der Waals surface area contributed by atoms with Crippen molar-refractivity contribution in [2.75, 3.05) is 0 Å². The number of imidazole rings is 1. The quantitative estimate of drug-likeness (QED) is 0.523. The summed E-state index contributed by atoms with van der Waals surface area (Å²) in [6, 6.07) is 16.6. The van der Waals surface area contributed by atoms with Gasteiger partial charge in [-0.05, 0) is 69.9 Å². The monoisotopic (exact) mass is 378 g/mol. The zero-order valence-corrected chi connectivity index (χ0v) is 17.3. The van der Waals surface area contributed by atoms with Gasteiger partial charge in [-0.15, -0.1) is 0 Å². The molecule has 1 atom stereocenters. The fraction of sp³-hybridized carbons (Fsp3) is 0.375. The second-order valence-corrected chi connectivity index (χ2v) is 8.16. The second-order valence-electron chi connectivity index (χ2n) is 8.16. The van der Waals surface area contributed by atoms with E-state index in [1.54, 1.807) is 6.20 Å². The Bertz CT molecular complexity index is 849. The van der Waals surface area contributed by atoms with Crippen LogP contribution < -0.4 is 9.47 Å². The zero-order chi connectivity index (χ0) is 20.0. The number of para-hydroxylation sites is 1. The molecule has 3 aromatic rings. The van der Waals surface area contributed by atoms with E-state index in [0.717, 1.165) is 36.4 Å². The third-order valence-electron chi connectivity index (χ3n) is 4.46. The molecule has 0 bridgehead atoms. The first-order valence-corrected chi connectivity index (χ1v) is 9.85. The van der Waals surface area contributed by atoms with Gasteiger partial charge in [-0.3, -0.25) is 0 Å². The highest BCUT2D eigenvalue weighted by Gasteiger charge is 2.14. The molecule has 0 radical (unpaired) electrons. The Hall–Kier alpha value is -2.75. The smallest absolute Gasteiger partial charge is 0.122 e. The molecule has 28 heavy (non-hydrogen) atoms. The average Bonchev–Trinajstić information content (AvgIpc) is 3.14. The Labute approximate surface area is 168 Å². The summed E-state index contributed by atoms with van der Waals surface area (Å²) >= 11 is 0. The maximum atomic E-state index is 6.36. The molecule has 3 rings (SSSR count). The van der Waals surface area contributed by atoms with E-state index in [-0.39, 0.29) is 11.7 Å². The molecule has 0 fully saturated rings. The highest BCUT2D eigenvalue weighted by molar-refractivity contribution is 5.32. The first-order chi connectivity index (χ1) is 13.4. The molecule has 1 heterocycles. The normalized spacial score (nSPS) is 12.6. The molecule has 0 N–H and O–H groups in total. The van der Waals surface area contributed by atoms with Crippen LogP contribution in [0, 0.1) is 6.92 Å². The molecule has 4 nitrogen and oxygen atoms in total. The molecule has 0 aliphatic rings. The van der Waals surface area contributed by atoms with Gasteiger partial charge in [-0.2, -0.15) is 0 Å². The van der Waals surface area contributed by atoms with Crippen molar-refractivity contribution in [1.82, 2.24) is 9.55 Å². The van der Waals surface area contributed by atoms with E-state index < -0.39 is 0 Å². The fourth-order valence-electron chi connectivity index (χ4n) is 3.09. The minimum absolute atomic E-state index is 0.0702. The molecule has 0 aliphatic heterocycles. The first kappa shape index (κ1) is 20.0. The van der Waals surface area contributed by atoms with Gasteiger partial charge < -0.3 is 14.0 Å². The zero-order valence-electron chi connectivity index (χ0n) is 17.3. The Kier molecular flexibility index (Phi) is 6.40. The summed E-state index contributed by atoms with van der Waals surface area (Å²) in [6.07, 6.45) is 7.56. The summed E-state index contributed by atoms with van der Waals surface area (Å²) in [5.74, 6) is 1.85. The number of aromatic nitrogens is 2. The fourth-order valence-corrected chi connectivity index (χ4v) is 3.09. The van der Waals surface area contributed by atoms with Crippen LogP contribution in [0.4, 0.5) is 0 Å². The molecule has 0 amide bonds. The molecule has 0 aliphatic carbocycles. The van der Waals surface area contributed by atoms with Gasteiger partial charge in [-0.1, -0.05) is 30.3 Å². The summed E-state index contributed by atoms with van der Waals surface area (Å²) < 4.78 is 14.3. The van der Waals surface area contributed by atoms with Crippen LogP contribution in [0.25, 0.3) is 0 Å². The van der Waals surface area contributed by atoms with E-state index in [1.807, 2.05) is 42.9 Å². The van der Waals surface area contributed by atoms with Crippen LogP contribution in [-0.2, 0) is 13.0 Å². The van der Waals surface area contributed by atoms with Gasteiger partial charge in [0.05, 0.1) is 12.9 Å². The number of ether oxygens (including phenoxy) is 2. The van der Waals surface area contributed by atoms with E-state index in [0.29, 0.717) is 0 Å². The van der Waals surface area contributed by atoms with Crippen LogP contribution in [0.5, 0.6) is 11.5 Å². The van der Waals surface area contributed by atoms with Gasteiger partial charge in [-0.25, -0.2) is 4.98 Å². The number of benzene rings is 2. The summed E-state index contributed by atoms with van der Waals surface area (Å²) in [4.78, 5) is 4.15.